The van der Waals surface area contributed by atoms with Crippen LogP contribution in [0.1, 0.15) is 32.1 Å². The zero-order valence-corrected chi connectivity index (χ0v) is 12.7. The number of carbonyl (C=O) groups is 1. The van der Waals surface area contributed by atoms with Gasteiger partial charge in [-0.3, -0.25) is 4.79 Å². The van der Waals surface area contributed by atoms with E-state index < -0.39 is 0 Å². The molecule has 1 N–H and O–H groups in total. The van der Waals surface area contributed by atoms with Crippen LogP contribution in [0.15, 0.2) is 0 Å². The van der Waals surface area contributed by atoms with Crippen molar-refractivity contribution >= 4 is 18.3 Å². The summed E-state index contributed by atoms with van der Waals surface area (Å²) >= 11 is 0. The summed E-state index contributed by atoms with van der Waals surface area (Å²) in [6, 6.07) is 0. The van der Waals surface area contributed by atoms with Gasteiger partial charge in [0.15, 0.2) is 0 Å². The third-order valence-corrected chi connectivity index (χ3v) is 4.24. The minimum Gasteiger partial charge on any atom is -0.381 e. The highest BCUT2D eigenvalue weighted by Gasteiger charge is 2.24. The van der Waals surface area contributed by atoms with E-state index in [0.29, 0.717) is 5.91 Å². The first kappa shape index (κ1) is 16.7. The zero-order chi connectivity index (χ0) is 12.8. The molecule has 0 aromatic carbocycles. The molecule has 0 spiro atoms. The van der Waals surface area contributed by atoms with Crippen LogP contribution in [0.25, 0.3) is 0 Å². The van der Waals surface area contributed by atoms with Crippen molar-refractivity contribution in [3.8, 4) is 0 Å². The van der Waals surface area contributed by atoms with Gasteiger partial charge in [0.2, 0.25) is 5.91 Å². The molecule has 4 nitrogen and oxygen atoms in total. The van der Waals surface area contributed by atoms with Gasteiger partial charge in [-0.15, -0.1) is 12.4 Å². The van der Waals surface area contributed by atoms with E-state index in [1.54, 1.807) is 0 Å². The molecule has 1 atom stereocenters. The van der Waals surface area contributed by atoms with Gasteiger partial charge in [-0.2, -0.15) is 0 Å². The number of hydrogen-bond donors (Lipinski definition) is 1. The lowest BCUT2D eigenvalue weighted by atomic mass is 9.95. The SMILES string of the molecule is CN(CCC1CCOCC1)C(=O)C1CCCNC1.Cl. The first-order valence-corrected chi connectivity index (χ1v) is 7.31. The number of amides is 1. The van der Waals surface area contributed by atoms with E-state index in [1.165, 1.54) is 0 Å². The molecule has 0 radical (unpaired) electrons. The fourth-order valence-electron chi connectivity index (χ4n) is 2.90. The normalized spacial score (nSPS) is 24.6. The van der Waals surface area contributed by atoms with Crippen LogP contribution in [-0.4, -0.2) is 50.7 Å². The fraction of sp³-hybridized carbons (Fsp3) is 0.929. The summed E-state index contributed by atoms with van der Waals surface area (Å²) in [6.45, 7) is 4.62. The summed E-state index contributed by atoms with van der Waals surface area (Å²) in [5.74, 6) is 1.28. The molecule has 0 aliphatic carbocycles. The summed E-state index contributed by atoms with van der Waals surface area (Å²) in [4.78, 5) is 14.2. The van der Waals surface area contributed by atoms with E-state index >= 15 is 0 Å². The summed E-state index contributed by atoms with van der Waals surface area (Å²) in [7, 11) is 1.95. The van der Waals surface area contributed by atoms with Crippen molar-refractivity contribution in [1.82, 2.24) is 10.2 Å². The summed E-state index contributed by atoms with van der Waals surface area (Å²) < 4.78 is 5.36. The molecule has 1 amide bonds. The quantitative estimate of drug-likeness (QED) is 0.857. The number of nitrogens with zero attached hydrogens (tertiary/aromatic N) is 1. The van der Waals surface area contributed by atoms with Gasteiger partial charge in [0, 0.05) is 33.4 Å². The molecule has 0 saturated carbocycles. The molecule has 1 unspecified atom stereocenters. The number of ether oxygens (including phenoxy) is 1. The first-order valence-electron chi connectivity index (χ1n) is 7.31. The van der Waals surface area contributed by atoms with E-state index in [9.17, 15) is 4.79 Å². The number of rotatable bonds is 4. The lowest BCUT2D eigenvalue weighted by molar-refractivity contribution is -0.134. The Labute approximate surface area is 122 Å². The van der Waals surface area contributed by atoms with Crippen LogP contribution in [0.4, 0.5) is 0 Å². The second kappa shape index (κ2) is 8.77. The van der Waals surface area contributed by atoms with Gasteiger partial charge in [-0.1, -0.05) is 0 Å². The zero-order valence-electron chi connectivity index (χ0n) is 11.9. The Kier molecular flexibility index (Phi) is 7.73. The molecule has 19 heavy (non-hydrogen) atoms. The number of halogens is 1. The van der Waals surface area contributed by atoms with Crippen molar-refractivity contribution in [2.24, 2.45) is 11.8 Å². The molecule has 2 aliphatic rings. The number of nitrogens with one attached hydrogen (secondary N) is 1. The lowest BCUT2D eigenvalue weighted by Crippen LogP contribution is -2.42. The minimum absolute atomic E-state index is 0. The van der Waals surface area contributed by atoms with E-state index in [-0.39, 0.29) is 18.3 Å². The fourth-order valence-corrected chi connectivity index (χ4v) is 2.90. The Morgan fingerprint density at radius 3 is 2.68 bits per heavy atom. The van der Waals surface area contributed by atoms with E-state index in [4.69, 9.17) is 4.74 Å². The van der Waals surface area contributed by atoms with Crippen LogP contribution >= 0.6 is 12.4 Å². The standard InChI is InChI=1S/C14H26N2O2.ClH/c1-16(8-4-12-5-9-18-10-6-12)14(17)13-3-2-7-15-11-13;/h12-13,15H,2-11H2,1H3;1H. The predicted octanol–water partition coefficient (Wildman–Crippen LogP) is 1.68. The van der Waals surface area contributed by atoms with Crippen molar-refractivity contribution in [3.63, 3.8) is 0 Å². The van der Waals surface area contributed by atoms with Crippen molar-refractivity contribution in [2.45, 2.75) is 32.1 Å². The molecular formula is C14H27ClN2O2. The van der Waals surface area contributed by atoms with Crippen molar-refractivity contribution in [1.29, 1.82) is 0 Å². The van der Waals surface area contributed by atoms with Gasteiger partial charge < -0.3 is 15.0 Å². The molecule has 2 aliphatic heterocycles. The third kappa shape index (κ3) is 5.28. The maximum atomic E-state index is 12.2. The van der Waals surface area contributed by atoms with Gasteiger partial charge in [0.1, 0.15) is 0 Å². The Bertz CT molecular complexity index is 264. The molecule has 2 heterocycles. The Morgan fingerprint density at radius 1 is 1.32 bits per heavy atom. The topological polar surface area (TPSA) is 41.6 Å². The second-order valence-electron chi connectivity index (χ2n) is 5.65. The highest BCUT2D eigenvalue weighted by Crippen LogP contribution is 2.19. The Balaban J connectivity index is 0.00000180. The summed E-state index contributed by atoms with van der Waals surface area (Å²) in [6.07, 6.45) is 5.63. The molecule has 5 heteroatoms. The molecule has 2 fully saturated rings. The van der Waals surface area contributed by atoms with Crippen molar-refractivity contribution in [3.05, 3.63) is 0 Å². The largest absolute Gasteiger partial charge is 0.381 e. The predicted molar refractivity (Wildman–Crippen MR) is 78.6 cm³/mol. The van der Waals surface area contributed by atoms with Crippen LogP contribution < -0.4 is 5.32 Å². The smallest absolute Gasteiger partial charge is 0.226 e. The van der Waals surface area contributed by atoms with Gasteiger partial charge in [-0.05, 0) is 44.6 Å². The molecule has 0 bridgehead atoms. The average molecular weight is 291 g/mol. The molecule has 0 aromatic heterocycles. The van der Waals surface area contributed by atoms with Crippen LogP contribution in [0.2, 0.25) is 0 Å². The van der Waals surface area contributed by atoms with Gasteiger partial charge in [-0.25, -0.2) is 0 Å². The molecule has 0 aromatic rings. The third-order valence-electron chi connectivity index (χ3n) is 4.24. The second-order valence-corrected chi connectivity index (χ2v) is 5.65. The van der Waals surface area contributed by atoms with Crippen molar-refractivity contribution < 1.29 is 9.53 Å². The van der Waals surface area contributed by atoms with Gasteiger partial charge in [0.05, 0.1) is 5.92 Å². The summed E-state index contributed by atoms with van der Waals surface area (Å²) in [5.41, 5.74) is 0. The van der Waals surface area contributed by atoms with Crippen LogP contribution in [0, 0.1) is 11.8 Å². The maximum Gasteiger partial charge on any atom is 0.226 e. The van der Waals surface area contributed by atoms with Crippen molar-refractivity contribution in [2.75, 3.05) is 39.9 Å². The minimum atomic E-state index is 0. The Hall–Kier alpha value is -0.320. The van der Waals surface area contributed by atoms with Crippen LogP contribution in [-0.2, 0) is 9.53 Å². The number of carbonyl (C=O) groups excluding carboxylic acids is 1. The van der Waals surface area contributed by atoms with E-state index in [0.717, 1.165) is 70.9 Å². The number of hydrogen-bond acceptors (Lipinski definition) is 3. The maximum absolute atomic E-state index is 12.2. The van der Waals surface area contributed by atoms with Gasteiger partial charge >= 0.3 is 0 Å². The molecule has 2 rings (SSSR count). The Morgan fingerprint density at radius 2 is 2.05 bits per heavy atom. The monoisotopic (exact) mass is 290 g/mol. The molecule has 112 valence electrons. The van der Waals surface area contributed by atoms with E-state index in [1.807, 2.05) is 11.9 Å². The highest BCUT2D eigenvalue weighted by molar-refractivity contribution is 5.85. The molecular weight excluding hydrogens is 264 g/mol. The average Bonchev–Trinajstić information content (AvgIpc) is 2.46. The van der Waals surface area contributed by atoms with E-state index in [2.05, 4.69) is 5.32 Å². The summed E-state index contributed by atoms with van der Waals surface area (Å²) in [5, 5.41) is 3.31. The molecule has 2 saturated heterocycles. The van der Waals surface area contributed by atoms with Gasteiger partial charge in [0.25, 0.3) is 0 Å². The van der Waals surface area contributed by atoms with Crippen LogP contribution in [0.5, 0.6) is 0 Å². The first-order chi connectivity index (χ1) is 8.77. The van der Waals surface area contributed by atoms with Crippen LogP contribution in [0.3, 0.4) is 0 Å². The number of piperidine rings is 1. The lowest BCUT2D eigenvalue weighted by Gasteiger charge is -2.29. The highest BCUT2D eigenvalue weighted by atomic mass is 35.5.